The van der Waals surface area contributed by atoms with E-state index in [1.54, 1.807) is 17.8 Å². The predicted molar refractivity (Wildman–Crippen MR) is 84.6 cm³/mol. The third kappa shape index (κ3) is 3.62. The number of hydrogen-bond donors (Lipinski definition) is 1. The normalized spacial score (nSPS) is 14.0. The minimum absolute atomic E-state index is 0.0218. The van der Waals surface area contributed by atoms with E-state index < -0.39 is 0 Å². The lowest BCUT2D eigenvalue weighted by molar-refractivity contribution is 0.474. The Kier molecular flexibility index (Phi) is 5.21. The summed E-state index contributed by atoms with van der Waals surface area (Å²) in [6, 6.07) is 15.6. The van der Waals surface area contributed by atoms with Gasteiger partial charge in [0.25, 0.3) is 0 Å². The summed E-state index contributed by atoms with van der Waals surface area (Å²) in [6.45, 7) is 4.09. The van der Waals surface area contributed by atoms with E-state index in [9.17, 15) is 4.39 Å². The molecule has 2 atom stereocenters. The van der Waals surface area contributed by atoms with Crippen LogP contribution in [0.15, 0.2) is 53.4 Å². The van der Waals surface area contributed by atoms with Crippen LogP contribution in [0.1, 0.15) is 37.1 Å². The Morgan fingerprint density at radius 1 is 0.950 bits per heavy atom. The number of hydrogen-bond acceptors (Lipinski definition) is 2. The van der Waals surface area contributed by atoms with Crippen LogP contribution in [0.2, 0.25) is 0 Å². The molecule has 0 radical (unpaired) electrons. The van der Waals surface area contributed by atoms with E-state index >= 15 is 0 Å². The van der Waals surface area contributed by atoms with Crippen molar-refractivity contribution in [2.45, 2.75) is 30.8 Å². The van der Waals surface area contributed by atoms with Crippen LogP contribution >= 0.6 is 11.8 Å². The molecule has 0 amide bonds. The highest BCUT2D eigenvalue weighted by Crippen LogP contribution is 2.23. The fourth-order valence-electron chi connectivity index (χ4n) is 2.28. The molecule has 1 N–H and O–H groups in total. The van der Waals surface area contributed by atoms with E-state index in [1.165, 1.54) is 16.5 Å². The molecule has 0 aliphatic heterocycles. The first-order valence-corrected chi connectivity index (χ1v) is 7.98. The molecule has 1 unspecified atom stereocenters. The van der Waals surface area contributed by atoms with Gasteiger partial charge >= 0.3 is 0 Å². The summed E-state index contributed by atoms with van der Waals surface area (Å²) in [5, 5.41) is 3.44. The lowest BCUT2D eigenvalue weighted by Gasteiger charge is -2.21. The Hall–Kier alpha value is -1.32. The van der Waals surface area contributed by atoms with Gasteiger partial charge in [-0.15, -0.1) is 11.8 Å². The van der Waals surface area contributed by atoms with Crippen LogP contribution in [0.25, 0.3) is 0 Å². The molecule has 1 nitrogen and oxygen atoms in total. The van der Waals surface area contributed by atoms with Gasteiger partial charge in [0, 0.05) is 22.5 Å². The third-order valence-corrected chi connectivity index (χ3v) is 4.23. The SMILES string of the molecule is CSc1ccc(C(C)N[C@H](C)c2ccccc2F)cc1. The highest BCUT2D eigenvalue weighted by Gasteiger charge is 2.13. The van der Waals surface area contributed by atoms with Gasteiger partial charge in [-0.05, 0) is 43.9 Å². The zero-order valence-corrected chi connectivity index (χ0v) is 12.9. The highest BCUT2D eigenvalue weighted by atomic mass is 32.2. The van der Waals surface area contributed by atoms with Crippen LogP contribution in [0, 0.1) is 5.82 Å². The first kappa shape index (κ1) is 15.1. The Morgan fingerprint density at radius 2 is 1.60 bits per heavy atom. The van der Waals surface area contributed by atoms with Gasteiger partial charge in [-0.25, -0.2) is 4.39 Å². The molecule has 0 heterocycles. The van der Waals surface area contributed by atoms with Gasteiger partial charge in [0.15, 0.2) is 0 Å². The molecule has 2 aromatic carbocycles. The summed E-state index contributed by atoms with van der Waals surface area (Å²) in [5.74, 6) is -0.155. The van der Waals surface area contributed by atoms with Gasteiger partial charge in [-0.1, -0.05) is 30.3 Å². The van der Waals surface area contributed by atoms with Crippen molar-refractivity contribution in [2.24, 2.45) is 0 Å². The smallest absolute Gasteiger partial charge is 0.127 e. The molecule has 0 aromatic heterocycles. The van der Waals surface area contributed by atoms with E-state index in [0.29, 0.717) is 5.56 Å². The molecule has 0 aliphatic carbocycles. The van der Waals surface area contributed by atoms with E-state index in [-0.39, 0.29) is 17.9 Å². The molecule has 3 heteroatoms. The summed E-state index contributed by atoms with van der Waals surface area (Å²) in [5.41, 5.74) is 1.92. The van der Waals surface area contributed by atoms with E-state index in [4.69, 9.17) is 0 Å². The predicted octanol–water partition coefficient (Wildman–Crippen LogP) is 4.96. The fourth-order valence-corrected chi connectivity index (χ4v) is 2.69. The molecule has 2 rings (SSSR count). The Bertz CT molecular complexity index is 553. The molecule has 106 valence electrons. The van der Waals surface area contributed by atoms with Crippen molar-refractivity contribution in [2.75, 3.05) is 6.26 Å². The van der Waals surface area contributed by atoms with Crippen molar-refractivity contribution >= 4 is 11.8 Å². The first-order chi connectivity index (χ1) is 9.61. The summed E-state index contributed by atoms with van der Waals surface area (Å²) >= 11 is 1.73. The Morgan fingerprint density at radius 3 is 2.20 bits per heavy atom. The van der Waals surface area contributed by atoms with Crippen LogP contribution in [0.5, 0.6) is 0 Å². The number of nitrogens with one attached hydrogen (secondary N) is 1. The minimum Gasteiger partial charge on any atom is -0.304 e. The maximum atomic E-state index is 13.7. The second kappa shape index (κ2) is 6.91. The molecule has 0 aliphatic rings. The highest BCUT2D eigenvalue weighted by molar-refractivity contribution is 7.98. The van der Waals surface area contributed by atoms with Crippen molar-refractivity contribution in [1.29, 1.82) is 0 Å². The molecule has 2 aromatic rings. The molecule has 0 saturated heterocycles. The Labute approximate surface area is 124 Å². The number of halogens is 1. The standard InChI is InChI=1S/C17H20FNS/c1-12(14-8-10-15(20-3)11-9-14)19-13(2)16-6-4-5-7-17(16)18/h4-13,19H,1-3H3/t12?,13-/m1/s1. The monoisotopic (exact) mass is 289 g/mol. The largest absolute Gasteiger partial charge is 0.304 e. The lowest BCUT2D eigenvalue weighted by Crippen LogP contribution is -2.23. The van der Waals surface area contributed by atoms with Gasteiger partial charge in [0.05, 0.1) is 0 Å². The molecule has 0 saturated carbocycles. The maximum Gasteiger partial charge on any atom is 0.127 e. The van der Waals surface area contributed by atoms with Crippen LogP contribution in [0.3, 0.4) is 0 Å². The number of thioether (sulfide) groups is 1. The zero-order valence-electron chi connectivity index (χ0n) is 12.1. The molecular formula is C17H20FNS. The summed E-state index contributed by atoms with van der Waals surface area (Å²) in [4.78, 5) is 1.25. The first-order valence-electron chi connectivity index (χ1n) is 6.76. The van der Waals surface area contributed by atoms with Crippen LogP contribution in [-0.4, -0.2) is 6.26 Å². The number of benzene rings is 2. The van der Waals surface area contributed by atoms with Crippen LogP contribution in [-0.2, 0) is 0 Å². The van der Waals surface area contributed by atoms with Gasteiger partial charge in [0.1, 0.15) is 5.82 Å². The maximum absolute atomic E-state index is 13.7. The second-order valence-electron chi connectivity index (χ2n) is 4.90. The van der Waals surface area contributed by atoms with Gasteiger partial charge < -0.3 is 5.32 Å². The molecule has 0 fully saturated rings. The molecule has 0 bridgehead atoms. The zero-order chi connectivity index (χ0) is 14.5. The van der Waals surface area contributed by atoms with Crippen LogP contribution in [0.4, 0.5) is 4.39 Å². The lowest BCUT2D eigenvalue weighted by atomic mass is 10.0. The number of rotatable bonds is 5. The van der Waals surface area contributed by atoms with Crippen molar-refractivity contribution in [3.63, 3.8) is 0 Å². The van der Waals surface area contributed by atoms with E-state index in [2.05, 4.69) is 42.8 Å². The quantitative estimate of drug-likeness (QED) is 0.781. The van der Waals surface area contributed by atoms with Gasteiger partial charge in [-0.3, -0.25) is 0 Å². The topological polar surface area (TPSA) is 12.0 Å². The third-order valence-electron chi connectivity index (χ3n) is 3.49. The van der Waals surface area contributed by atoms with Crippen molar-refractivity contribution in [3.05, 3.63) is 65.5 Å². The summed E-state index contributed by atoms with van der Waals surface area (Å²) in [7, 11) is 0. The fraction of sp³-hybridized carbons (Fsp3) is 0.294. The van der Waals surface area contributed by atoms with Crippen molar-refractivity contribution < 1.29 is 4.39 Å². The van der Waals surface area contributed by atoms with Crippen molar-refractivity contribution in [1.82, 2.24) is 5.32 Å². The second-order valence-corrected chi connectivity index (χ2v) is 5.78. The van der Waals surface area contributed by atoms with Crippen molar-refractivity contribution in [3.8, 4) is 0 Å². The van der Waals surface area contributed by atoms with E-state index in [0.717, 1.165) is 0 Å². The minimum atomic E-state index is -0.155. The Balaban J connectivity index is 2.06. The van der Waals surface area contributed by atoms with E-state index in [1.807, 2.05) is 19.1 Å². The average molecular weight is 289 g/mol. The molecule has 0 spiro atoms. The summed E-state index contributed by atoms with van der Waals surface area (Å²) in [6.07, 6.45) is 2.07. The average Bonchev–Trinajstić information content (AvgIpc) is 2.47. The van der Waals surface area contributed by atoms with Crippen LogP contribution < -0.4 is 5.32 Å². The molecule has 20 heavy (non-hydrogen) atoms. The summed E-state index contributed by atoms with van der Waals surface area (Å²) < 4.78 is 13.7. The van der Waals surface area contributed by atoms with Gasteiger partial charge in [-0.2, -0.15) is 0 Å². The van der Waals surface area contributed by atoms with Gasteiger partial charge in [0.2, 0.25) is 0 Å². The molecular weight excluding hydrogens is 269 g/mol.